The normalized spacial score (nSPS) is 11.5. The molecule has 0 saturated heterocycles. The number of halogens is 1. The Balaban J connectivity index is 1.65. The van der Waals surface area contributed by atoms with Gasteiger partial charge in [0.1, 0.15) is 0 Å². The lowest BCUT2D eigenvalue weighted by Crippen LogP contribution is -1.96. The summed E-state index contributed by atoms with van der Waals surface area (Å²) in [5.74, 6) is 0. The van der Waals surface area contributed by atoms with E-state index in [0.29, 0.717) is 0 Å². The Hall–Kier alpha value is -3.36. The Kier molecular flexibility index (Phi) is 5.55. The van der Waals surface area contributed by atoms with E-state index in [1.807, 2.05) is 0 Å². The fourth-order valence-corrected chi connectivity index (χ4v) is 4.67. The summed E-state index contributed by atoms with van der Waals surface area (Å²) in [4.78, 5) is 0. The molecule has 5 rings (SSSR count). The molecule has 0 amide bonds. The van der Waals surface area contributed by atoms with Gasteiger partial charge in [-0.1, -0.05) is 88.7 Å². The molecular weight excluding hydrogens is 454 g/mol. The van der Waals surface area contributed by atoms with Gasteiger partial charge in [-0.15, -0.1) is 0 Å². The standard InChI is InChI=1S/C30H24BrN/c1-3-7-28-21(2)32(27-17-12-23(13-18-27)22-8-5-4-6-9-22)30-19-14-25(20-29(28)30)24-10-15-26(31)16-11-24/h3-20H,1-2H3/b7-3-. The lowest BCUT2D eigenvalue weighted by molar-refractivity contribution is 1.05. The molecule has 0 saturated carbocycles. The summed E-state index contributed by atoms with van der Waals surface area (Å²) < 4.78 is 3.46. The largest absolute Gasteiger partial charge is 0.313 e. The van der Waals surface area contributed by atoms with Crippen LogP contribution in [-0.2, 0) is 0 Å². The highest BCUT2D eigenvalue weighted by Crippen LogP contribution is 2.34. The van der Waals surface area contributed by atoms with E-state index in [4.69, 9.17) is 0 Å². The predicted octanol–water partition coefficient (Wildman–Crippen LogP) is 9.07. The van der Waals surface area contributed by atoms with Crippen LogP contribution in [0.4, 0.5) is 0 Å². The second-order valence-electron chi connectivity index (χ2n) is 7.99. The summed E-state index contributed by atoms with van der Waals surface area (Å²) in [5, 5.41) is 1.27. The molecule has 0 N–H and O–H groups in total. The monoisotopic (exact) mass is 477 g/mol. The first-order valence-electron chi connectivity index (χ1n) is 10.9. The average molecular weight is 478 g/mol. The van der Waals surface area contributed by atoms with Crippen LogP contribution in [0.15, 0.2) is 108 Å². The molecule has 1 heterocycles. The maximum Gasteiger partial charge on any atom is 0.0538 e. The van der Waals surface area contributed by atoms with Crippen molar-refractivity contribution in [3.63, 3.8) is 0 Å². The highest BCUT2D eigenvalue weighted by Gasteiger charge is 2.15. The third kappa shape index (κ3) is 3.72. The van der Waals surface area contributed by atoms with Gasteiger partial charge >= 0.3 is 0 Å². The van der Waals surface area contributed by atoms with Crippen molar-refractivity contribution < 1.29 is 0 Å². The summed E-state index contributed by atoms with van der Waals surface area (Å²) in [6.45, 7) is 4.29. The summed E-state index contributed by atoms with van der Waals surface area (Å²) in [6.07, 6.45) is 4.34. The van der Waals surface area contributed by atoms with Gasteiger partial charge in [0.2, 0.25) is 0 Å². The summed E-state index contributed by atoms with van der Waals surface area (Å²) in [6, 6.07) is 34.7. The Morgan fingerprint density at radius 2 is 1.28 bits per heavy atom. The molecule has 0 aliphatic rings. The number of hydrogen-bond donors (Lipinski definition) is 0. The highest BCUT2D eigenvalue weighted by molar-refractivity contribution is 9.10. The van der Waals surface area contributed by atoms with E-state index in [2.05, 4.69) is 144 Å². The van der Waals surface area contributed by atoms with Crippen molar-refractivity contribution >= 4 is 32.9 Å². The van der Waals surface area contributed by atoms with E-state index in [1.54, 1.807) is 0 Å². The molecule has 0 fully saturated rings. The molecule has 0 atom stereocenters. The second-order valence-corrected chi connectivity index (χ2v) is 8.90. The average Bonchev–Trinajstić information content (AvgIpc) is 3.11. The Morgan fingerprint density at radius 3 is 1.97 bits per heavy atom. The molecule has 0 aliphatic heterocycles. The number of rotatable bonds is 4. The maximum atomic E-state index is 3.54. The van der Waals surface area contributed by atoms with Crippen molar-refractivity contribution in [2.45, 2.75) is 13.8 Å². The van der Waals surface area contributed by atoms with Gasteiger partial charge < -0.3 is 4.57 Å². The number of allylic oxidation sites excluding steroid dienone is 1. The highest BCUT2D eigenvalue weighted by atomic mass is 79.9. The minimum atomic E-state index is 1.10. The van der Waals surface area contributed by atoms with Gasteiger partial charge in [-0.2, -0.15) is 0 Å². The van der Waals surface area contributed by atoms with Gasteiger partial charge in [0.15, 0.2) is 0 Å². The molecule has 1 nitrogen and oxygen atoms in total. The zero-order chi connectivity index (χ0) is 22.1. The molecule has 0 bridgehead atoms. The van der Waals surface area contributed by atoms with Crippen LogP contribution in [0.5, 0.6) is 0 Å². The molecule has 0 aliphatic carbocycles. The lowest BCUT2D eigenvalue weighted by Gasteiger charge is -2.10. The summed E-state index contributed by atoms with van der Waals surface area (Å²) in [7, 11) is 0. The minimum absolute atomic E-state index is 1.10. The van der Waals surface area contributed by atoms with Gasteiger partial charge in [-0.3, -0.25) is 0 Å². The first-order valence-corrected chi connectivity index (χ1v) is 11.6. The van der Waals surface area contributed by atoms with Crippen LogP contribution < -0.4 is 0 Å². The number of hydrogen-bond acceptors (Lipinski definition) is 0. The van der Waals surface area contributed by atoms with Gasteiger partial charge in [-0.05, 0) is 72.5 Å². The molecule has 32 heavy (non-hydrogen) atoms. The predicted molar refractivity (Wildman–Crippen MR) is 141 cm³/mol. The van der Waals surface area contributed by atoms with Crippen LogP contribution in [0.3, 0.4) is 0 Å². The third-order valence-electron chi connectivity index (χ3n) is 6.00. The van der Waals surface area contributed by atoms with Crippen LogP contribution in [0, 0.1) is 6.92 Å². The van der Waals surface area contributed by atoms with Crippen molar-refractivity contribution in [2.24, 2.45) is 0 Å². The van der Waals surface area contributed by atoms with E-state index in [1.165, 1.54) is 50.1 Å². The summed E-state index contributed by atoms with van der Waals surface area (Å²) >= 11 is 3.54. The van der Waals surface area contributed by atoms with Crippen molar-refractivity contribution in [1.82, 2.24) is 4.57 Å². The number of fused-ring (bicyclic) bond motifs is 1. The number of nitrogens with zero attached hydrogens (tertiary/aromatic N) is 1. The van der Waals surface area contributed by atoms with E-state index in [-0.39, 0.29) is 0 Å². The minimum Gasteiger partial charge on any atom is -0.313 e. The van der Waals surface area contributed by atoms with Crippen LogP contribution in [0.1, 0.15) is 18.2 Å². The van der Waals surface area contributed by atoms with Gasteiger partial charge in [-0.25, -0.2) is 0 Å². The van der Waals surface area contributed by atoms with Gasteiger partial charge in [0.05, 0.1) is 5.52 Å². The Morgan fingerprint density at radius 1 is 0.688 bits per heavy atom. The zero-order valence-electron chi connectivity index (χ0n) is 18.2. The fraction of sp³-hybridized carbons (Fsp3) is 0.0667. The molecular formula is C30H24BrN. The number of benzene rings is 4. The molecule has 0 spiro atoms. The van der Waals surface area contributed by atoms with Gasteiger partial charge in [0.25, 0.3) is 0 Å². The fourth-order valence-electron chi connectivity index (χ4n) is 4.41. The molecule has 4 aromatic carbocycles. The molecule has 1 aromatic heterocycles. The molecule has 2 heteroatoms. The molecule has 156 valence electrons. The first-order chi connectivity index (χ1) is 15.7. The van der Waals surface area contributed by atoms with Gasteiger partial charge in [0, 0.05) is 26.8 Å². The van der Waals surface area contributed by atoms with Crippen molar-refractivity contribution in [3.05, 3.63) is 119 Å². The van der Waals surface area contributed by atoms with Crippen molar-refractivity contribution in [1.29, 1.82) is 0 Å². The SMILES string of the molecule is C/C=C\c1c(C)n(-c2ccc(-c3ccccc3)cc2)c2ccc(-c3ccc(Br)cc3)cc12. The van der Waals surface area contributed by atoms with Crippen molar-refractivity contribution in [2.75, 3.05) is 0 Å². The van der Waals surface area contributed by atoms with E-state index in [0.717, 1.165) is 4.47 Å². The summed E-state index contributed by atoms with van der Waals surface area (Å²) in [5.41, 5.74) is 9.85. The quantitative estimate of drug-likeness (QED) is 0.243. The lowest BCUT2D eigenvalue weighted by atomic mass is 10.0. The molecule has 0 radical (unpaired) electrons. The molecule has 0 unspecified atom stereocenters. The second kappa shape index (κ2) is 8.64. The van der Waals surface area contributed by atoms with E-state index < -0.39 is 0 Å². The van der Waals surface area contributed by atoms with Crippen LogP contribution >= 0.6 is 15.9 Å². The smallest absolute Gasteiger partial charge is 0.0538 e. The Labute approximate surface area is 197 Å². The zero-order valence-corrected chi connectivity index (χ0v) is 19.8. The van der Waals surface area contributed by atoms with Crippen LogP contribution in [0.2, 0.25) is 0 Å². The third-order valence-corrected chi connectivity index (χ3v) is 6.53. The van der Waals surface area contributed by atoms with Crippen molar-refractivity contribution in [3.8, 4) is 27.9 Å². The number of aromatic nitrogens is 1. The topological polar surface area (TPSA) is 4.93 Å². The molecule has 5 aromatic rings. The van der Waals surface area contributed by atoms with Crippen LogP contribution in [-0.4, -0.2) is 4.57 Å². The van der Waals surface area contributed by atoms with E-state index in [9.17, 15) is 0 Å². The maximum absolute atomic E-state index is 3.54. The van der Waals surface area contributed by atoms with E-state index >= 15 is 0 Å². The first kappa shape index (κ1) is 20.5. The Bertz CT molecular complexity index is 1410. The van der Waals surface area contributed by atoms with Crippen LogP contribution in [0.25, 0.3) is 44.9 Å².